The van der Waals surface area contributed by atoms with Crippen LogP contribution in [0.5, 0.6) is 23.0 Å². The summed E-state index contributed by atoms with van der Waals surface area (Å²) in [7, 11) is 0. The van der Waals surface area contributed by atoms with Crippen molar-refractivity contribution in [3.63, 3.8) is 0 Å². The van der Waals surface area contributed by atoms with E-state index in [0.717, 1.165) is 16.4 Å². The molecule has 2 heterocycles. The number of quaternary nitrogens is 1. The molecule has 0 bridgehead atoms. The molecular formula is C31H23N2O6+. The summed E-state index contributed by atoms with van der Waals surface area (Å²) in [5.74, 6) is 0.782. The monoisotopic (exact) mass is 519 g/mol. The van der Waals surface area contributed by atoms with Crippen LogP contribution in [0.15, 0.2) is 84.9 Å². The van der Waals surface area contributed by atoms with Gasteiger partial charge in [-0.25, -0.2) is 14.9 Å². The Hall–Kier alpha value is -5.08. The zero-order valence-electron chi connectivity index (χ0n) is 21.1. The number of rotatable bonds is 6. The van der Waals surface area contributed by atoms with Crippen LogP contribution in [0.3, 0.4) is 0 Å². The highest BCUT2D eigenvalue weighted by Gasteiger charge is 2.33. The second-order valence-electron chi connectivity index (χ2n) is 9.95. The summed E-state index contributed by atoms with van der Waals surface area (Å²) < 4.78 is 11.9. The topological polar surface area (TPSA) is 115 Å². The van der Waals surface area contributed by atoms with Gasteiger partial charge < -0.3 is 9.47 Å². The molecule has 6 rings (SSSR count). The number of carbonyl (C=O) groups excluding carboxylic acids is 4. The molecule has 0 saturated heterocycles. The molecule has 8 heteroatoms. The molecule has 0 saturated carbocycles. The van der Waals surface area contributed by atoms with E-state index in [1.54, 1.807) is 36.4 Å². The van der Waals surface area contributed by atoms with Crippen LogP contribution in [0.2, 0.25) is 0 Å². The molecular weight excluding hydrogens is 496 g/mol. The fraction of sp³-hybridized carbons (Fsp3) is 0.0968. The molecule has 0 aromatic heterocycles. The van der Waals surface area contributed by atoms with Gasteiger partial charge in [-0.3, -0.25) is 14.9 Å². The van der Waals surface area contributed by atoms with Gasteiger partial charge in [0.2, 0.25) is 0 Å². The number of fused-ring (bicyclic) bond motifs is 2. The average Bonchev–Trinajstić information content (AvgIpc) is 3.37. The van der Waals surface area contributed by atoms with Crippen molar-refractivity contribution in [1.29, 1.82) is 0 Å². The van der Waals surface area contributed by atoms with Gasteiger partial charge in [-0.1, -0.05) is 38.1 Å². The third kappa shape index (κ3) is 4.36. The number of benzene rings is 4. The number of hydrogen-bond acceptors (Lipinski definition) is 6. The molecule has 3 N–H and O–H groups in total. The van der Waals surface area contributed by atoms with Crippen LogP contribution in [-0.4, -0.2) is 23.6 Å². The molecule has 4 amide bonds. The van der Waals surface area contributed by atoms with E-state index in [2.05, 4.69) is 19.2 Å². The fourth-order valence-corrected chi connectivity index (χ4v) is 4.81. The van der Waals surface area contributed by atoms with E-state index < -0.39 is 11.8 Å². The number of hydrogen-bond donors (Lipinski definition) is 2. The van der Waals surface area contributed by atoms with Crippen molar-refractivity contribution in [2.75, 3.05) is 0 Å². The molecule has 2 aliphatic heterocycles. The van der Waals surface area contributed by atoms with Crippen LogP contribution >= 0.6 is 0 Å². The summed E-state index contributed by atoms with van der Waals surface area (Å²) in [5.41, 5.74) is 3.23. The van der Waals surface area contributed by atoms with Gasteiger partial charge in [-0.05, 0) is 71.8 Å². The summed E-state index contributed by atoms with van der Waals surface area (Å²) in [5, 5.41) is 3.37. The van der Waals surface area contributed by atoms with Crippen LogP contribution in [0, 0.1) is 0 Å². The number of carbonyl (C=O) groups is 4. The second-order valence-corrected chi connectivity index (χ2v) is 9.95. The first kappa shape index (κ1) is 24.3. The number of primary amides is 2. The van der Waals surface area contributed by atoms with E-state index in [0.29, 0.717) is 45.3 Å². The van der Waals surface area contributed by atoms with Crippen molar-refractivity contribution in [1.82, 2.24) is 5.32 Å². The Balaban J connectivity index is 1.15. The van der Waals surface area contributed by atoms with Crippen LogP contribution in [0.1, 0.15) is 66.4 Å². The molecule has 39 heavy (non-hydrogen) atoms. The van der Waals surface area contributed by atoms with Crippen LogP contribution in [0.4, 0.5) is 0 Å². The molecule has 0 unspecified atom stereocenters. The molecule has 8 nitrogen and oxygen atoms in total. The molecule has 0 fully saturated rings. The maximum absolute atomic E-state index is 12.0. The third-order valence-corrected chi connectivity index (χ3v) is 7.11. The second kappa shape index (κ2) is 9.04. The standard InChI is InChI=1S/C31H22N2O6/c1-31(2,17-3-7-19(8-4-17)38-21-11-13-23-25(15-21)29(36)32-27(23)34)18-5-9-20(10-6-18)39-22-12-14-24-26(16-22)30(37)33-28(24)35/h3-16H,1-2H3,(H,32,34,36)(H,33,35,37)/p+1. The molecule has 4 aromatic rings. The third-order valence-electron chi connectivity index (χ3n) is 7.11. The lowest BCUT2D eigenvalue weighted by atomic mass is 9.78. The fourth-order valence-electron chi connectivity index (χ4n) is 4.81. The number of ether oxygens (including phenoxy) is 2. The van der Waals surface area contributed by atoms with E-state index in [1.807, 2.05) is 48.5 Å². The van der Waals surface area contributed by atoms with Crippen molar-refractivity contribution < 1.29 is 34.0 Å². The minimum absolute atomic E-state index is 0.275. The normalized spacial score (nSPS) is 14.2. The van der Waals surface area contributed by atoms with E-state index >= 15 is 0 Å². The first-order chi connectivity index (χ1) is 18.7. The highest BCUT2D eigenvalue weighted by molar-refractivity contribution is 6.21. The van der Waals surface area contributed by atoms with Crippen molar-refractivity contribution in [3.05, 3.63) is 118 Å². The highest BCUT2D eigenvalue weighted by Crippen LogP contribution is 2.35. The van der Waals surface area contributed by atoms with Gasteiger partial charge in [0.15, 0.2) is 0 Å². The maximum Gasteiger partial charge on any atom is 0.351 e. The lowest BCUT2D eigenvalue weighted by Crippen LogP contribution is -2.88. The number of imide groups is 2. The first-order valence-corrected chi connectivity index (χ1v) is 12.3. The summed E-state index contributed by atoms with van der Waals surface area (Å²) in [6.07, 6.45) is 0. The lowest BCUT2D eigenvalue weighted by Gasteiger charge is -2.26. The Morgan fingerprint density at radius 1 is 0.538 bits per heavy atom. The van der Waals surface area contributed by atoms with Gasteiger partial charge in [-0.15, -0.1) is 0 Å². The van der Waals surface area contributed by atoms with Gasteiger partial charge in [-0.2, -0.15) is 0 Å². The van der Waals surface area contributed by atoms with E-state index in [4.69, 9.17) is 9.47 Å². The zero-order valence-corrected chi connectivity index (χ0v) is 21.1. The lowest BCUT2D eigenvalue weighted by molar-refractivity contribution is -0.445. The Morgan fingerprint density at radius 2 is 0.974 bits per heavy atom. The smallest absolute Gasteiger partial charge is 0.351 e. The zero-order chi connectivity index (χ0) is 27.3. The molecule has 0 spiro atoms. The predicted octanol–water partition coefficient (Wildman–Crippen LogP) is 4.34. The van der Waals surface area contributed by atoms with Gasteiger partial charge in [0.05, 0.1) is 16.7 Å². The van der Waals surface area contributed by atoms with Gasteiger partial charge in [0.25, 0.3) is 11.8 Å². The minimum Gasteiger partial charge on any atom is -0.457 e. The quantitative estimate of drug-likeness (QED) is 0.366. The average molecular weight is 520 g/mol. The van der Waals surface area contributed by atoms with Crippen LogP contribution in [0.25, 0.3) is 0 Å². The molecule has 192 valence electrons. The van der Waals surface area contributed by atoms with Crippen molar-refractivity contribution >= 4 is 23.6 Å². The largest absolute Gasteiger partial charge is 0.457 e. The van der Waals surface area contributed by atoms with Crippen molar-refractivity contribution in [2.45, 2.75) is 19.3 Å². The van der Waals surface area contributed by atoms with Crippen LogP contribution in [-0.2, 0) is 5.41 Å². The Kier molecular flexibility index (Phi) is 5.62. The van der Waals surface area contributed by atoms with Crippen LogP contribution < -0.4 is 20.1 Å². The molecule has 2 aliphatic rings. The van der Waals surface area contributed by atoms with E-state index in [-0.39, 0.29) is 17.2 Å². The Labute approximate surface area is 223 Å². The molecule has 0 radical (unpaired) electrons. The Bertz CT molecular complexity index is 1560. The summed E-state index contributed by atoms with van der Waals surface area (Å²) in [6.45, 7) is 4.24. The molecule has 0 aliphatic carbocycles. The number of nitrogens with one attached hydrogen (secondary N) is 1. The van der Waals surface area contributed by atoms with Gasteiger partial charge in [0.1, 0.15) is 28.6 Å². The minimum atomic E-state index is -0.425. The summed E-state index contributed by atoms with van der Waals surface area (Å²) in [6, 6.07) is 25.1. The van der Waals surface area contributed by atoms with E-state index in [1.165, 1.54) is 0 Å². The van der Waals surface area contributed by atoms with Crippen molar-refractivity contribution in [3.8, 4) is 23.0 Å². The van der Waals surface area contributed by atoms with E-state index in [9.17, 15) is 19.2 Å². The van der Waals surface area contributed by atoms with Gasteiger partial charge in [0, 0.05) is 5.41 Å². The summed E-state index contributed by atoms with van der Waals surface area (Å²) in [4.78, 5) is 47.5. The number of nitrogens with two attached hydrogens (primary N) is 1. The molecule has 4 aromatic carbocycles. The van der Waals surface area contributed by atoms with Gasteiger partial charge >= 0.3 is 11.8 Å². The first-order valence-electron chi connectivity index (χ1n) is 12.3. The SMILES string of the molecule is CC(C)(c1ccc(Oc2ccc3c(c2)C(=O)NC3=O)cc1)c1ccc(Oc2ccc3c(c2)C(=O)[NH2+]C3=O)cc1. The Morgan fingerprint density at radius 3 is 1.54 bits per heavy atom. The highest BCUT2D eigenvalue weighted by atomic mass is 16.5. The summed E-state index contributed by atoms with van der Waals surface area (Å²) >= 11 is 0. The maximum atomic E-state index is 12.0. The number of amides is 4. The predicted molar refractivity (Wildman–Crippen MR) is 140 cm³/mol. The molecule has 0 atom stereocenters. The van der Waals surface area contributed by atoms with Crippen molar-refractivity contribution in [2.24, 2.45) is 0 Å².